The van der Waals surface area contributed by atoms with Crippen molar-refractivity contribution in [2.75, 3.05) is 5.75 Å². The lowest BCUT2D eigenvalue weighted by Crippen LogP contribution is -1.94. The van der Waals surface area contributed by atoms with E-state index in [9.17, 15) is 4.21 Å². The Bertz CT molecular complexity index is 793. The summed E-state index contributed by atoms with van der Waals surface area (Å²) in [5.41, 5.74) is 2.55. The molecule has 0 aliphatic heterocycles. The van der Waals surface area contributed by atoms with Crippen LogP contribution >= 0.6 is 11.3 Å². The Labute approximate surface area is 129 Å². The molecule has 0 amide bonds. The molecular formula is C14H16N4OS2. The van der Waals surface area contributed by atoms with Crippen LogP contribution < -0.4 is 0 Å². The number of fused-ring (bicyclic) bond motifs is 1. The molecule has 0 N–H and O–H groups in total. The van der Waals surface area contributed by atoms with Gasteiger partial charge in [-0.2, -0.15) is 5.10 Å². The summed E-state index contributed by atoms with van der Waals surface area (Å²) in [7, 11) is 0.930. The van der Waals surface area contributed by atoms with Gasteiger partial charge in [-0.05, 0) is 12.5 Å². The minimum Gasteiger partial charge on any atom is -0.275 e. The Morgan fingerprint density at radius 3 is 2.95 bits per heavy atom. The predicted molar refractivity (Wildman–Crippen MR) is 85.8 cm³/mol. The van der Waals surface area contributed by atoms with Gasteiger partial charge in [0.05, 0.1) is 33.1 Å². The molecule has 0 fully saturated rings. The number of hydrogen-bond acceptors (Lipinski definition) is 5. The third-order valence-corrected chi connectivity index (χ3v) is 5.97. The monoisotopic (exact) mass is 320 g/mol. The van der Waals surface area contributed by atoms with E-state index in [1.807, 2.05) is 19.3 Å². The molecule has 1 unspecified atom stereocenters. The first-order valence-corrected chi connectivity index (χ1v) is 8.95. The zero-order chi connectivity index (χ0) is 14.8. The molecule has 1 atom stereocenters. The van der Waals surface area contributed by atoms with Crippen LogP contribution in [0.25, 0.3) is 21.6 Å². The Hall–Kier alpha value is -1.60. The molecule has 0 aliphatic carbocycles. The van der Waals surface area contributed by atoms with E-state index in [-0.39, 0.29) is 0 Å². The highest BCUT2D eigenvalue weighted by atomic mass is 32.2. The second kappa shape index (κ2) is 6.03. The van der Waals surface area contributed by atoms with Crippen LogP contribution in [0.1, 0.15) is 19.8 Å². The number of rotatable bonds is 5. The second-order valence-electron chi connectivity index (χ2n) is 4.82. The lowest BCUT2D eigenvalue weighted by molar-refractivity contribution is 0.681. The Balaban J connectivity index is 1.93. The van der Waals surface area contributed by atoms with Crippen LogP contribution in [-0.4, -0.2) is 29.7 Å². The van der Waals surface area contributed by atoms with Crippen LogP contribution in [0.2, 0.25) is 0 Å². The van der Waals surface area contributed by atoms with Gasteiger partial charge in [0.25, 0.3) is 0 Å². The Morgan fingerprint density at radius 2 is 2.24 bits per heavy atom. The van der Waals surface area contributed by atoms with Gasteiger partial charge in [-0.3, -0.25) is 13.9 Å². The van der Waals surface area contributed by atoms with Gasteiger partial charge in [-0.1, -0.05) is 13.3 Å². The fourth-order valence-electron chi connectivity index (χ4n) is 1.97. The molecule has 3 aromatic heterocycles. The van der Waals surface area contributed by atoms with E-state index in [0.717, 1.165) is 38.7 Å². The zero-order valence-electron chi connectivity index (χ0n) is 11.9. The first-order valence-electron chi connectivity index (χ1n) is 6.81. The van der Waals surface area contributed by atoms with Crippen LogP contribution in [-0.2, 0) is 17.8 Å². The SMILES string of the molecule is CCCCS(=O)c1cc2ncc(-c3cnn(C)c3)nc2s1. The molecule has 3 aromatic rings. The lowest BCUT2D eigenvalue weighted by atomic mass is 10.3. The summed E-state index contributed by atoms with van der Waals surface area (Å²) in [4.78, 5) is 9.87. The number of thiophene rings is 1. The average Bonchev–Trinajstić information content (AvgIpc) is 3.09. The van der Waals surface area contributed by atoms with Crippen molar-refractivity contribution in [1.82, 2.24) is 19.7 Å². The zero-order valence-corrected chi connectivity index (χ0v) is 13.6. The van der Waals surface area contributed by atoms with Crippen molar-refractivity contribution in [2.45, 2.75) is 24.0 Å². The summed E-state index contributed by atoms with van der Waals surface area (Å²) < 4.78 is 14.8. The van der Waals surface area contributed by atoms with E-state index in [1.165, 1.54) is 11.3 Å². The van der Waals surface area contributed by atoms with Gasteiger partial charge in [0.2, 0.25) is 0 Å². The third kappa shape index (κ3) is 3.03. The van der Waals surface area contributed by atoms with Crippen LogP contribution in [0, 0.1) is 0 Å². The first-order chi connectivity index (χ1) is 10.2. The van der Waals surface area contributed by atoms with E-state index < -0.39 is 10.8 Å². The Morgan fingerprint density at radius 1 is 1.38 bits per heavy atom. The van der Waals surface area contributed by atoms with Crippen molar-refractivity contribution in [2.24, 2.45) is 7.05 Å². The summed E-state index contributed by atoms with van der Waals surface area (Å²) >= 11 is 1.47. The van der Waals surface area contributed by atoms with Gasteiger partial charge in [-0.15, -0.1) is 11.3 Å². The van der Waals surface area contributed by atoms with Crippen LogP contribution in [0.4, 0.5) is 0 Å². The molecule has 0 saturated heterocycles. The van der Waals surface area contributed by atoms with Crippen molar-refractivity contribution in [3.05, 3.63) is 24.7 Å². The maximum atomic E-state index is 12.2. The van der Waals surface area contributed by atoms with Crippen molar-refractivity contribution >= 4 is 32.5 Å². The predicted octanol–water partition coefficient (Wildman–Crippen LogP) is 3.00. The molecule has 110 valence electrons. The van der Waals surface area contributed by atoms with Crippen molar-refractivity contribution in [1.29, 1.82) is 0 Å². The summed E-state index contributed by atoms with van der Waals surface area (Å²) in [5, 5.41) is 4.14. The molecule has 5 nitrogen and oxygen atoms in total. The standard InChI is InChI=1S/C14H16N4OS2/c1-3-4-5-21(19)13-6-11-14(20-13)17-12(8-15-11)10-7-16-18(2)9-10/h6-9H,3-5H2,1-2H3. The largest absolute Gasteiger partial charge is 0.275 e. The number of aryl methyl sites for hydroxylation is 1. The number of aromatic nitrogens is 4. The van der Waals surface area contributed by atoms with E-state index in [4.69, 9.17) is 0 Å². The molecule has 0 aliphatic rings. The number of unbranched alkanes of at least 4 members (excludes halogenated alkanes) is 1. The van der Waals surface area contributed by atoms with Crippen molar-refractivity contribution < 1.29 is 4.21 Å². The van der Waals surface area contributed by atoms with E-state index in [1.54, 1.807) is 17.1 Å². The minimum atomic E-state index is -0.941. The quantitative estimate of drug-likeness (QED) is 0.725. The van der Waals surface area contributed by atoms with Gasteiger partial charge in [0.15, 0.2) is 0 Å². The van der Waals surface area contributed by atoms with E-state index in [0.29, 0.717) is 5.75 Å². The highest BCUT2D eigenvalue weighted by Crippen LogP contribution is 2.27. The number of nitrogens with zero attached hydrogens (tertiary/aromatic N) is 4. The normalized spacial score (nSPS) is 12.9. The summed E-state index contributed by atoms with van der Waals surface area (Å²) in [6.45, 7) is 2.10. The fraction of sp³-hybridized carbons (Fsp3) is 0.357. The molecule has 3 rings (SSSR count). The minimum absolute atomic E-state index is 0.707. The van der Waals surface area contributed by atoms with Gasteiger partial charge < -0.3 is 0 Å². The highest BCUT2D eigenvalue weighted by molar-refractivity contribution is 7.87. The lowest BCUT2D eigenvalue weighted by Gasteiger charge is -1.95. The van der Waals surface area contributed by atoms with Gasteiger partial charge in [-0.25, -0.2) is 4.98 Å². The third-order valence-electron chi connectivity index (χ3n) is 3.13. The molecule has 0 saturated carbocycles. The summed E-state index contributed by atoms with van der Waals surface area (Å²) in [6, 6.07) is 1.89. The van der Waals surface area contributed by atoms with Gasteiger partial charge >= 0.3 is 0 Å². The molecule has 0 radical (unpaired) electrons. The van der Waals surface area contributed by atoms with Crippen LogP contribution in [0.3, 0.4) is 0 Å². The van der Waals surface area contributed by atoms with Gasteiger partial charge in [0, 0.05) is 24.6 Å². The van der Waals surface area contributed by atoms with E-state index >= 15 is 0 Å². The molecular weight excluding hydrogens is 304 g/mol. The molecule has 21 heavy (non-hydrogen) atoms. The number of hydrogen-bond donors (Lipinski definition) is 0. The molecule has 0 bridgehead atoms. The second-order valence-corrected chi connectivity index (χ2v) is 7.65. The van der Waals surface area contributed by atoms with Gasteiger partial charge in [0.1, 0.15) is 10.3 Å². The van der Waals surface area contributed by atoms with E-state index in [2.05, 4.69) is 22.0 Å². The summed E-state index contributed by atoms with van der Waals surface area (Å²) in [5.74, 6) is 0.707. The topological polar surface area (TPSA) is 60.7 Å². The van der Waals surface area contributed by atoms with Crippen LogP contribution in [0.5, 0.6) is 0 Å². The molecule has 7 heteroatoms. The Kier molecular flexibility index (Phi) is 4.12. The first kappa shape index (κ1) is 14.3. The average molecular weight is 320 g/mol. The maximum absolute atomic E-state index is 12.2. The van der Waals surface area contributed by atoms with Crippen molar-refractivity contribution in [3.63, 3.8) is 0 Å². The summed E-state index contributed by atoms with van der Waals surface area (Å²) in [6.07, 6.45) is 7.44. The molecule has 3 heterocycles. The van der Waals surface area contributed by atoms with Crippen LogP contribution in [0.15, 0.2) is 28.9 Å². The fourth-order valence-corrected chi connectivity index (χ4v) is 4.55. The van der Waals surface area contributed by atoms with Crippen molar-refractivity contribution in [3.8, 4) is 11.3 Å². The maximum Gasteiger partial charge on any atom is 0.143 e. The molecule has 0 spiro atoms. The highest BCUT2D eigenvalue weighted by Gasteiger charge is 2.12. The smallest absolute Gasteiger partial charge is 0.143 e. The molecule has 0 aromatic carbocycles.